The van der Waals surface area contributed by atoms with Crippen molar-refractivity contribution in [2.45, 2.75) is 25.3 Å². The fourth-order valence-electron chi connectivity index (χ4n) is 2.71. The summed E-state index contributed by atoms with van der Waals surface area (Å²) in [4.78, 5) is 24.8. The minimum absolute atomic E-state index is 0.0915. The molecule has 3 rings (SSSR count). The van der Waals surface area contributed by atoms with E-state index in [4.69, 9.17) is 0 Å². The summed E-state index contributed by atoms with van der Waals surface area (Å²) in [6.45, 7) is 1.71. The van der Waals surface area contributed by atoms with Crippen molar-refractivity contribution in [1.29, 1.82) is 0 Å². The highest BCUT2D eigenvalue weighted by Crippen LogP contribution is 2.23. The van der Waals surface area contributed by atoms with E-state index in [-0.39, 0.29) is 11.7 Å². The van der Waals surface area contributed by atoms with Crippen LogP contribution in [0, 0.1) is 0 Å². The molecule has 0 radical (unpaired) electrons. The van der Waals surface area contributed by atoms with E-state index in [1.54, 1.807) is 19.1 Å². The SMILES string of the molecule is C[C@]1(CCc2ccccc2)NC(=O)N(/N=C\c2cccc(O)c2)C1=O. The Morgan fingerprint density at radius 2 is 1.92 bits per heavy atom. The smallest absolute Gasteiger partial charge is 0.346 e. The standard InChI is InChI=1S/C19H19N3O3/c1-19(11-10-14-6-3-2-4-7-14)17(24)22(18(25)21-19)20-13-15-8-5-9-16(23)12-15/h2-9,12-13,23H,10-11H2,1H3,(H,21,25)/b20-13-/t19-/m1/s1. The Labute approximate surface area is 145 Å². The zero-order chi connectivity index (χ0) is 17.9. The molecule has 1 aliphatic rings. The number of phenols is 1. The third-order valence-corrected chi connectivity index (χ3v) is 4.19. The highest BCUT2D eigenvalue weighted by atomic mass is 16.3. The molecule has 3 amide bonds. The number of hydrogen-bond donors (Lipinski definition) is 2. The number of amides is 3. The third kappa shape index (κ3) is 3.68. The van der Waals surface area contributed by atoms with Crippen LogP contribution in [0.3, 0.4) is 0 Å². The molecule has 0 aromatic heterocycles. The van der Waals surface area contributed by atoms with E-state index in [1.807, 2.05) is 30.3 Å². The van der Waals surface area contributed by atoms with Gasteiger partial charge in [-0.2, -0.15) is 5.10 Å². The van der Waals surface area contributed by atoms with Gasteiger partial charge in [0.15, 0.2) is 0 Å². The number of imide groups is 1. The van der Waals surface area contributed by atoms with E-state index in [1.165, 1.54) is 18.3 Å². The van der Waals surface area contributed by atoms with Gasteiger partial charge in [-0.25, -0.2) is 4.79 Å². The number of hydrazone groups is 1. The molecule has 25 heavy (non-hydrogen) atoms. The van der Waals surface area contributed by atoms with Crippen LogP contribution in [0.5, 0.6) is 5.75 Å². The van der Waals surface area contributed by atoms with Gasteiger partial charge in [0.05, 0.1) is 6.21 Å². The van der Waals surface area contributed by atoms with Crippen molar-refractivity contribution in [2.24, 2.45) is 5.10 Å². The Balaban J connectivity index is 1.70. The van der Waals surface area contributed by atoms with Crippen LogP contribution < -0.4 is 5.32 Å². The molecule has 6 nitrogen and oxygen atoms in total. The van der Waals surface area contributed by atoms with Gasteiger partial charge >= 0.3 is 6.03 Å². The van der Waals surface area contributed by atoms with Crippen molar-refractivity contribution in [2.75, 3.05) is 0 Å². The van der Waals surface area contributed by atoms with Crippen molar-refractivity contribution in [3.05, 3.63) is 65.7 Å². The zero-order valence-corrected chi connectivity index (χ0v) is 13.8. The van der Waals surface area contributed by atoms with Gasteiger partial charge in [0.2, 0.25) is 0 Å². The second-order valence-electron chi connectivity index (χ2n) is 6.20. The first kappa shape index (κ1) is 16.7. The van der Waals surface area contributed by atoms with Crippen molar-refractivity contribution >= 4 is 18.2 Å². The number of nitrogens with one attached hydrogen (secondary N) is 1. The molecular formula is C19H19N3O3. The summed E-state index contributed by atoms with van der Waals surface area (Å²) in [7, 11) is 0. The molecule has 1 fully saturated rings. The van der Waals surface area contributed by atoms with Crippen LogP contribution in [0.25, 0.3) is 0 Å². The average Bonchev–Trinajstić information content (AvgIpc) is 2.82. The molecule has 1 saturated heterocycles. The lowest BCUT2D eigenvalue weighted by Gasteiger charge is -2.20. The Bertz CT molecular complexity index is 820. The Kier molecular flexibility index (Phi) is 4.52. The topological polar surface area (TPSA) is 82.0 Å². The van der Waals surface area contributed by atoms with Crippen LogP contribution in [0.4, 0.5) is 4.79 Å². The Hall–Kier alpha value is -3.15. The molecule has 0 unspecified atom stereocenters. The Morgan fingerprint density at radius 3 is 2.64 bits per heavy atom. The number of rotatable bonds is 5. The number of aromatic hydroxyl groups is 1. The zero-order valence-electron chi connectivity index (χ0n) is 13.8. The highest BCUT2D eigenvalue weighted by molar-refractivity contribution is 6.07. The molecular weight excluding hydrogens is 318 g/mol. The normalized spacial score (nSPS) is 20.3. The fraction of sp³-hybridized carbons (Fsp3) is 0.211. The quantitative estimate of drug-likeness (QED) is 0.650. The van der Waals surface area contributed by atoms with Crippen molar-refractivity contribution in [1.82, 2.24) is 10.3 Å². The van der Waals surface area contributed by atoms with Crippen LogP contribution in [-0.2, 0) is 11.2 Å². The second-order valence-corrected chi connectivity index (χ2v) is 6.20. The molecule has 0 bridgehead atoms. The number of nitrogens with zero attached hydrogens (tertiary/aromatic N) is 2. The summed E-state index contributed by atoms with van der Waals surface area (Å²) < 4.78 is 0. The van der Waals surface area contributed by atoms with Gasteiger partial charge in [0.1, 0.15) is 11.3 Å². The molecule has 6 heteroatoms. The van der Waals surface area contributed by atoms with Crippen LogP contribution >= 0.6 is 0 Å². The van der Waals surface area contributed by atoms with Crippen LogP contribution in [0.15, 0.2) is 59.7 Å². The van der Waals surface area contributed by atoms with E-state index in [2.05, 4.69) is 10.4 Å². The van der Waals surface area contributed by atoms with E-state index in [0.29, 0.717) is 18.4 Å². The van der Waals surface area contributed by atoms with Crippen LogP contribution in [0.1, 0.15) is 24.5 Å². The van der Waals surface area contributed by atoms with Gasteiger partial charge in [-0.15, -0.1) is 5.01 Å². The number of aryl methyl sites for hydroxylation is 1. The third-order valence-electron chi connectivity index (χ3n) is 4.19. The fourth-order valence-corrected chi connectivity index (χ4v) is 2.71. The maximum absolute atomic E-state index is 12.6. The molecule has 1 atom stereocenters. The molecule has 2 N–H and O–H groups in total. The predicted molar refractivity (Wildman–Crippen MR) is 94.2 cm³/mol. The van der Waals surface area contributed by atoms with Crippen molar-refractivity contribution in [3.8, 4) is 5.75 Å². The first-order valence-corrected chi connectivity index (χ1v) is 8.02. The van der Waals surface area contributed by atoms with E-state index < -0.39 is 11.6 Å². The first-order valence-electron chi connectivity index (χ1n) is 8.02. The minimum atomic E-state index is -0.983. The molecule has 1 heterocycles. The van der Waals surface area contributed by atoms with Gasteiger partial charge < -0.3 is 10.4 Å². The van der Waals surface area contributed by atoms with Gasteiger partial charge in [-0.1, -0.05) is 42.5 Å². The molecule has 0 aliphatic carbocycles. The number of urea groups is 1. The summed E-state index contributed by atoms with van der Waals surface area (Å²) in [5, 5.41) is 17.0. The number of benzene rings is 2. The van der Waals surface area contributed by atoms with Gasteiger partial charge in [-0.05, 0) is 43.0 Å². The molecule has 2 aromatic carbocycles. The highest BCUT2D eigenvalue weighted by Gasteiger charge is 2.47. The average molecular weight is 337 g/mol. The van der Waals surface area contributed by atoms with Crippen molar-refractivity contribution < 1.29 is 14.7 Å². The number of carbonyl (C=O) groups excluding carboxylic acids is 2. The molecule has 1 aliphatic heterocycles. The minimum Gasteiger partial charge on any atom is -0.508 e. The van der Waals surface area contributed by atoms with Gasteiger partial charge in [-0.3, -0.25) is 4.79 Å². The number of phenolic OH excluding ortho intramolecular Hbond substituents is 1. The summed E-state index contributed by atoms with van der Waals surface area (Å²) in [6, 6.07) is 15.7. The molecule has 0 saturated carbocycles. The van der Waals surface area contributed by atoms with E-state index in [0.717, 1.165) is 10.6 Å². The summed E-state index contributed by atoms with van der Waals surface area (Å²) in [5.74, 6) is -0.293. The molecule has 0 spiro atoms. The maximum atomic E-state index is 12.6. The largest absolute Gasteiger partial charge is 0.508 e. The summed E-state index contributed by atoms with van der Waals surface area (Å²) >= 11 is 0. The van der Waals surface area contributed by atoms with Crippen LogP contribution in [-0.4, -0.2) is 33.8 Å². The lowest BCUT2D eigenvalue weighted by molar-refractivity contribution is -0.130. The predicted octanol–water partition coefficient (Wildman–Crippen LogP) is 2.67. The van der Waals surface area contributed by atoms with E-state index >= 15 is 0 Å². The summed E-state index contributed by atoms with van der Waals surface area (Å²) in [5.41, 5.74) is 0.717. The maximum Gasteiger partial charge on any atom is 0.346 e. The number of hydrogen-bond acceptors (Lipinski definition) is 4. The monoisotopic (exact) mass is 337 g/mol. The van der Waals surface area contributed by atoms with Gasteiger partial charge in [0, 0.05) is 0 Å². The number of carbonyl (C=O) groups is 2. The summed E-state index contributed by atoms with van der Waals surface area (Å²) in [6.07, 6.45) is 2.54. The lowest BCUT2D eigenvalue weighted by Crippen LogP contribution is -2.44. The molecule has 2 aromatic rings. The lowest BCUT2D eigenvalue weighted by atomic mass is 9.93. The Morgan fingerprint density at radius 1 is 1.16 bits per heavy atom. The van der Waals surface area contributed by atoms with Gasteiger partial charge in [0.25, 0.3) is 5.91 Å². The molecule has 128 valence electrons. The van der Waals surface area contributed by atoms with Crippen LogP contribution in [0.2, 0.25) is 0 Å². The first-order chi connectivity index (χ1) is 12.0. The van der Waals surface area contributed by atoms with E-state index in [9.17, 15) is 14.7 Å². The van der Waals surface area contributed by atoms with Crippen molar-refractivity contribution in [3.63, 3.8) is 0 Å². The second kappa shape index (κ2) is 6.76.